The van der Waals surface area contributed by atoms with Gasteiger partial charge in [0.15, 0.2) is 5.78 Å². The lowest BCUT2D eigenvalue weighted by Gasteiger charge is -2.30. The Bertz CT molecular complexity index is 383. The van der Waals surface area contributed by atoms with E-state index in [-0.39, 0.29) is 5.78 Å². The Balaban J connectivity index is 2.14. The summed E-state index contributed by atoms with van der Waals surface area (Å²) in [5.41, 5.74) is 1.75. The molecule has 1 fully saturated rings. The van der Waals surface area contributed by atoms with E-state index in [4.69, 9.17) is 0 Å². The van der Waals surface area contributed by atoms with Gasteiger partial charge in [0.2, 0.25) is 0 Å². The molecule has 2 nitrogen and oxygen atoms in total. The van der Waals surface area contributed by atoms with Crippen LogP contribution in [0.3, 0.4) is 0 Å². The van der Waals surface area contributed by atoms with Crippen LogP contribution in [-0.2, 0) is 0 Å². The Hall–Kier alpha value is -1.38. The first-order valence-corrected chi connectivity index (χ1v) is 5.67. The molecule has 16 heavy (non-hydrogen) atoms. The smallest absolute Gasteiger partial charge is 0.159 e. The number of piperidine rings is 1. The van der Waals surface area contributed by atoms with Gasteiger partial charge in [0.05, 0.1) is 0 Å². The molecule has 0 radical (unpaired) electrons. The Morgan fingerprint density at radius 2 is 2.06 bits per heavy atom. The molecular formula is C13H16FNO. The number of halogens is 1. The van der Waals surface area contributed by atoms with Crippen molar-refractivity contribution in [1.29, 1.82) is 0 Å². The lowest BCUT2D eigenvalue weighted by Crippen LogP contribution is -2.34. The van der Waals surface area contributed by atoms with Gasteiger partial charge in [0.25, 0.3) is 0 Å². The van der Waals surface area contributed by atoms with Crippen molar-refractivity contribution in [1.82, 2.24) is 0 Å². The molecule has 0 atom stereocenters. The van der Waals surface area contributed by atoms with Crippen LogP contribution in [0.25, 0.3) is 0 Å². The van der Waals surface area contributed by atoms with E-state index in [1.54, 1.807) is 6.92 Å². The third-order valence-electron chi connectivity index (χ3n) is 3.04. The summed E-state index contributed by atoms with van der Waals surface area (Å²) in [6.45, 7) is 3.04. The number of nitrogens with zero attached hydrogens (tertiary/aromatic N) is 1. The second-order valence-electron chi connectivity index (χ2n) is 4.27. The highest BCUT2D eigenvalue weighted by Gasteiger charge is 2.18. The minimum absolute atomic E-state index is 0.0715. The van der Waals surface area contributed by atoms with Crippen LogP contribution in [0.15, 0.2) is 24.3 Å². The van der Waals surface area contributed by atoms with Crippen molar-refractivity contribution in [2.24, 2.45) is 0 Å². The molecule has 0 bridgehead atoms. The Morgan fingerprint density at radius 1 is 1.38 bits per heavy atom. The highest BCUT2D eigenvalue weighted by molar-refractivity contribution is 5.94. The largest absolute Gasteiger partial charge is 0.371 e. The SMILES string of the molecule is CC(=O)c1cccc(N2CCC(F)CC2)c1. The fraction of sp³-hybridized carbons (Fsp3) is 0.462. The number of Topliss-reactive ketones (excluding diaryl/α,β-unsaturated/α-hetero) is 1. The summed E-state index contributed by atoms with van der Waals surface area (Å²) in [5.74, 6) is 0.0715. The molecule has 3 heteroatoms. The highest BCUT2D eigenvalue weighted by Crippen LogP contribution is 2.22. The summed E-state index contributed by atoms with van der Waals surface area (Å²) in [7, 11) is 0. The molecule has 0 amide bonds. The van der Waals surface area contributed by atoms with Gasteiger partial charge < -0.3 is 4.90 Å². The van der Waals surface area contributed by atoms with E-state index in [1.807, 2.05) is 24.3 Å². The van der Waals surface area contributed by atoms with Gasteiger partial charge >= 0.3 is 0 Å². The lowest BCUT2D eigenvalue weighted by atomic mass is 10.1. The molecule has 86 valence electrons. The molecule has 0 unspecified atom stereocenters. The second kappa shape index (κ2) is 4.64. The number of carbonyl (C=O) groups excluding carboxylic acids is 1. The van der Waals surface area contributed by atoms with Gasteiger partial charge in [-0.25, -0.2) is 4.39 Å². The van der Waals surface area contributed by atoms with E-state index in [9.17, 15) is 9.18 Å². The molecular weight excluding hydrogens is 205 g/mol. The summed E-state index contributed by atoms with van der Waals surface area (Å²) in [5, 5.41) is 0. The zero-order valence-corrected chi connectivity index (χ0v) is 9.45. The third kappa shape index (κ3) is 2.40. The van der Waals surface area contributed by atoms with Crippen molar-refractivity contribution in [2.75, 3.05) is 18.0 Å². The van der Waals surface area contributed by atoms with Crippen molar-refractivity contribution in [3.05, 3.63) is 29.8 Å². The molecule has 1 aliphatic rings. The van der Waals surface area contributed by atoms with Crippen LogP contribution in [0, 0.1) is 0 Å². The number of anilines is 1. The van der Waals surface area contributed by atoms with Crippen LogP contribution in [0.2, 0.25) is 0 Å². The van der Waals surface area contributed by atoms with Crippen LogP contribution >= 0.6 is 0 Å². The minimum Gasteiger partial charge on any atom is -0.371 e. The second-order valence-corrected chi connectivity index (χ2v) is 4.27. The van der Waals surface area contributed by atoms with Gasteiger partial charge in [-0.05, 0) is 31.9 Å². The quantitative estimate of drug-likeness (QED) is 0.716. The molecule has 1 aromatic rings. The summed E-state index contributed by atoms with van der Waals surface area (Å²) in [4.78, 5) is 13.4. The molecule has 0 saturated carbocycles. The van der Waals surface area contributed by atoms with E-state index in [1.165, 1.54) is 0 Å². The first-order valence-electron chi connectivity index (χ1n) is 5.67. The predicted molar refractivity (Wildman–Crippen MR) is 62.8 cm³/mol. The number of rotatable bonds is 2. The van der Waals surface area contributed by atoms with E-state index in [0.717, 1.165) is 24.3 Å². The number of benzene rings is 1. The van der Waals surface area contributed by atoms with E-state index in [0.29, 0.717) is 12.8 Å². The average Bonchev–Trinajstić information content (AvgIpc) is 2.30. The van der Waals surface area contributed by atoms with Gasteiger partial charge in [-0.2, -0.15) is 0 Å². The number of alkyl halides is 1. The molecule has 1 saturated heterocycles. The zero-order valence-electron chi connectivity index (χ0n) is 9.45. The maximum atomic E-state index is 13.0. The summed E-state index contributed by atoms with van der Waals surface area (Å²) < 4.78 is 13.0. The topological polar surface area (TPSA) is 20.3 Å². The fourth-order valence-electron chi connectivity index (χ4n) is 2.03. The van der Waals surface area contributed by atoms with E-state index < -0.39 is 6.17 Å². The molecule has 0 N–H and O–H groups in total. The molecule has 0 aliphatic carbocycles. The van der Waals surface area contributed by atoms with Crippen molar-refractivity contribution < 1.29 is 9.18 Å². The highest BCUT2D eigenvalue weighted by atomic mass is 19.1. The number of ketones is 1. The monoisotopic (exact) mass is 221 g/mol. The Labute approximate surface area is 95.1 Å². The van der Waals surface area contributed by atoms with E-state index >= 15 is 0 Å². The molecule has 1 aromatic carbocycles. The first kappa shape index (κ1) is 11.1. The van der Waals surface area contributed by atoms with Crippen molar-refractivity contribution >= 4 is 11.5 Å². The zero-order chi connectivity index (χ0) is 11.5. The molecule has 2 rings (SSSR count). The average molecular weight is 221 g/mol. The van der Waals surface area contributed by atoms with E-state index in [2.05, 4.69) is 4.90 Å². The summed E-state index contributed by atoms with van der Waals surface area (Å²) >= 11 is 0. The number of hydrogen-bond donors (Lipinski definition) is 0. The van der Waals surface area contributed by atoms with Gasteiger partial charge in [-0.1, -0.05) is 12.1 Å². The molecule has 0 aromatic heterocycles. The normalized spacial score (nSPS) is 17.5. The van der Waals surface area contributed by atoms with Crippen molar-refractivity contribution in [3.63, 3.8) is 0 Å². The lowest BCUT2D eigenvalue weighted by molar-refractivity contribution is 0.101. The summed E-state index contributed by atoms with van der Waals surface area (Å²) in [6.07, 6.45) is 0.515. The third-order valence-corrected chi connectivity index (χ3v) is 3.04. The first-order chi connectivity index (χ1) is 7.66. The van der Waals surface area contributed by atoms with Crippen LogP contribution in [0.1, 0.15) is 30.1 Å². The van der Waals surface area contributed by atoms with Crippen LogP contribution < -0.4 is 4.90 Å². The Kier molecular flexibility index (Phi) is 3.22. The van der Waals surface area contributed by atoms with Gasteiger partial charge in [-0.15, -0.1) is 0 Å². The van der Waals surface area contributed by atoms with Gasteiger partial charge in [-0.3, -0.25) is 4.79 Å². The molecule has 1 aliphatic heterocycles. The van der Waals surface area contributed by atoms with Gasteiger partial charge in [0, 0.05) is 24.3 Å². The number of hydrogen-bond acceptors (Lipinski definition) is 2. The van der Waals surface area contributed by atoms with Gasteiger partial charge in [0.1, 0.15) is 6.17 Å². The maximum absolute atomic E-state index is 13.0. The molecule has 0 spiro atoms. The number of carbonyl (C=O) groups is 1. The minimum atomic E-state index is -0.660. The van der Waals surface area contributed by atoms with Crippen LogP contribution in [-0.4, -0.2) is 25.0 Å². The van der Waals surface area contributed by atoms with Crippen LogP contribution in [0.5, 0.6) is 0 Å². The van der Waals surface area contributed by atoms with Crippen molar-refractivity contribution in [2.45, 2.75) is 25.9 Å². The predicted octanol–water partition coefficient (Wildman–Crippen LogP) is 2.83. The fourth-order valence-corrected chi connectivity index (χ4v) is 2.03. The molecule has 1 heterocycles. The van der Waals surface area contributed by atoms with Crippen molar-refractivity contribution in [3.8, 4) is 0 Å². The Morgan fingerprint density at radius 3 is 2.69 bits per heavy atom. The van der Waals surface area contributed by atoms with Crippen LogP contribution in [0.4, 0.5) is 10.1 Å². The maximum Gasteiger partial charge on any atom is 0.159 e. The standard InChI is InChI=1S/C13H16FNO/c1-10(16)11-3-2-4-13(9-11)15-7-5-12(14)6-8-15/h2-4,9,12H,5-8H2,1H3. The summed E-state index contributed by atoms with van der Waals surface area (Å²) in [6, 6.07) is 7.56.